The maximum Gasteiger partial charge on any atom is 0.251 e. The molecule has 5 nitrogen and oxygen atoms in total. The highest BCUT2D eigenvalue weighted by atomic mass is 16.5. The van der Waals surface area contributed by atoms with Gasteiger partial charge in [-0.1, -0.05) is 121 Å². The first kappa shape index (κ1) is 28.5. The topological polar surface area (TPSA) is 49.9 Å². The average molecular weight is 547 g/mol. The number of hydrogen-bond acceptors (Lipinski definition) is 4. The van der Waals surface area contributed by atoms with Crippen molar-refractivity contribution in [2.45, 2.75) is 38.0 Å². The molecule has 0 N–H and O–H groups in total. The Morgan fingerprint density at radius 3 is 1.56 bits per heavy atom. The van der Waals surface area contributed by atoms with Gasteiger partial charge < -0.3 is 14.4 Å². The number of Topliss-reactive ketones (excluding diaryl/α,β-unsaturated/α-hetero) is 1. The van der Waals surface area contributed by atoms with Gasteiger partial charge in [-0.25, -0.2) is 0 Å². The largest absolute Gasteiger partial charge is 0.364 e. The smallest absolute Gasteiger partial charge is 0.251 e. The second kappa shape index (κ2) is 13.5. The fraction of sp³-hybridized carbons (Fsp3) is 0.278. The van der Waals surface area contributed by atoms with Crippen molar-refractivity contribution in [1.82, 2.24) is 9.80 Å². The number of amides is 1. The summed E-state index contributed by atoms with van der Waals surface area (Å²) >= 11 is 0. The van der Waals surface area contributed by atoms with E-state index in [2.05, 4.69) is 95.9 Å². The minimum Gasteiger partial charge on any atom is -0.364 e. The first-order valence-electron chi connectivity index (χ1n) is 14.4. The van der Waals surface area contributed by atoms with Crippen LogP contribution in [0.15, 0.2) is 121 Å². The van der Waals surface area contributed by atoms with Gasteiger partial charge in [0.1, 0.15) is 11.9 Å². The molecule has 1 unspecified atom stereocenters. The summed E-state index contributed by atoms with van der Waals surface area (Å²) in [4.78, 5) is 30.0. The summed E-state index contributed by atoms with van der Waals surface area (Å²) in [5.74, 6) is 0.0286. The van der Waals surface area contributed by atoms with E-state index in [0.717, 1.165) is 5.56 Å². The van der Waals surface area contributed by atoms with Gasteiger partial charge in [-0.3, -0.25) is 9.69 Å². The summed E-state index contributed by atoms with van der Waals surface area (Å²) in [5, 5.41) is 0. The molecule has 4 aromatic rings. The number of ether oxygens (including phenoxy) is 1. The quantitative estimate of drug-likeness (QED) is 0.214. The highest BCUT2D eigenvalue weighted by molar-refractivity contribution is 5.82. The molecule has 1 aliphatic heterocycles. The number of carbonyl (C=O) groups excluding carboxylic acids is 2. The van der Waals surface area contributed by atoms with Gasteiger partial charge in [-0.05, 0) is 35.6 Å². The zero-order valence-electron chi connectivity index (χ0n) is 23.7. The molecule has 0 aromatic heterocycles. The third kappa shape index (κ3) is 6.48. The Morgan fingerprint density at radius 1 is 0.683 bits per heavy atom. The summed E-state index contributed by atoms with van der Waals surface area (Å²) in [5.41, 5.74) is 4.10. The molecule has 4 aromatic carbocycles. The van der Waals surface area contributed by atoms with E-state index < -0.39 is 11.6 Å². The van der Waals surface area contributed by atoms with Gasteiger partial charge in [0, 0.05) is 32.6 Å². The van der Waals surface area contributed by atoms with Gasteiger partial charge in [-0.15, -0.1) is 0 Å². The highest BCUT2D eigenvalue weighted by Crippen LogP contribution is 2.42. The second-order valence-electron chi connectivity index (χ2n) is 10.6. The molecule has 1 fully saturated rings. The first-order chi connectivity index (χ1) is 20.1. The maximum atomic E-state index is 13.8. The van der Waals surface area contributed by atoms with Crippen LogP contribution in [0.4, 0.5) is 0 Å². The van der Waals surface area contributed by atoms with Gasteiger partial charge in [0.15, 0.2) is 0 Å². The van der Waals surface area contributed by atoms with Crippen LogP contribution in [0, 0.1) is 0 Å². The number of carbonyl (C=O) groups is 2. The van der Waals surface area contributed by atoms with Crippen LogP contribution in [0.5, 0.6) is 0 Å². The lowest BCUT2D eigenvalue weighted by Gasteiger charge is -2.49. The molecule has 0 aliphatic carbocycles. The molecule has 41 heavy (non-hydrogen) atoms. The van der Waals surface area contributed by atoms with Crippen molar-refractivity contribution in [2.24, 2.45) is 0 Å². The maximum absolute atomic E-state index is 13.8. The van der Waals surface area contributed by atoms with E-state index in [-0.39, 0.29) is 11.7 Å². The summed E-state index contributed by atoms with van der Waals surface area (Å²) in [6.45, 7) is 4.46. The van der Waals surface area contributed by atoms with E-state index in [1.807, 2.05) is 35.2 Å². The van der Waals surface area contributed by atoms with Crippen LogP contribution in [-0.4, -0.2) is 53.8 Å². The Labute approximate surface area is 243 Å². The number of ketones is 1. The van der Waals surface area contributed by atoms with E-state index in [1.165, 1.54) is 16.7 Å². The van der Waals surface area contributed by atoms with E-state index in [4.69, 9.17) is 4.74 Å². The Balaban J connectivity index is 1.41. The van der Waals surface area contributed by atoms with E-state index in [1.54, 1.807) is 6.92 Å². The Kier molecular flexibility index (Phi) is 9.40. The normalized spacial score (nSPS) is 14.9. The molecule has 1 heterocycles. The summed E-state index contributed by atoms with van der Waals surface area (Å²) in [6, 6.07) is 41.8. The van der Waals surface area contributed by atoms with Crippen molar-refractivity contribution in [1.29, 1.82) is 0 Å². The minimum atomic E-state index is -0.646. The fourth-order valence-corrected chi connectivity index (χ4v) is 5.94. The summed E-state index contributed by atoms with van der Waals surface area (Å²) in [7, 11) is 0. The number of benzene rings is 4. The van der Waals surface area contributed by atoms with E-state index in [9.17, 15) is 9.59 Å². The monoisotopic (exact) mass is 546 g/mol. The third-order valence-electron chi connectivity index (χ3n) is 7.97. The second-order valence-corrected chi connectivity index (χ2v) is 10.6. The highest BCUT2D eigenvalue weighted by Gasteiger charge is 2.44. The lowest BCUT2D eigenvalue weighted by atomic mass is 9.75. The van der Waals surface area contributed by atoms with E-state index >= 15 is 0 Å². The predicted octanol–water partition coefficient (Wildman–Crippen LogP) is 6.08. The fourth-order valence-electron chi connectivity index (χ4n) is 5.94. The molecule has 1 amide bonds. The lowest BCUT2D eigenvalue weighted by molar-refractivity contribution is -0.147. The first-order valence-corrected chi connectivity index (χ1v) is 14.4. The van der Waals surface area contributed by atoms with Crippen LogP contribution in [0.2, 0.25) is 0 Å². The van der Waals surface area contributed by atoms with Gasteiger partial charge in [0.05, 0.1) is 12.1 Å². The molecule has 0 bridgehead atoms. The molecule has 0 spiro atoms. The Bertz CT molecular complexity index is 1290. The average Bonchev–Trinajstić information content (AvgIpc) is 3.03. The molecule has 1 saturated heterocycles. The van der Waals surface area contributed by atoms with Crippen molar-refractivity contribution in [2.75, 3.05) is 26.2 Å². The molecule has 0 saturated carbocycles. The molecule has 0 radical (unpaired) electrons. The van der Waals surface area contributed by atoms with Crippen molar-refractivity contribution in [3.63, 3.8) is 0 Å². The summed E-state index contributed by atoms with van der Waals surface area (Å²) < 4.78 is 6.14. The number of rotatable bonds is 11. The van der Waals surface area contributed by atoms with E-state index in [0.29, 0.717) is 45.6 Å². The standard InChI is InChI=1S/C36H38N2O3/c1-29(39)22-23-34(41-28-30-14-6-2-7-15-30)35(40)37-24-26-38(27-25-37)36(31-16-8-3-9-17-31,32-18-10-4-11-19-32)33-20-12-5-13-21-33/h2-21,34H,22-28H2,1H3. The minimum absolute atomic E-state index is 0.0356. The Morgan fingerprint density at radius 2 is 1.12 bits per heavy atom. The van der Waals surface area contributed by atoms with Crippen LogP contribution in [-0.2, 0) is 26.5 Å². The van der Waals surface area contributed by atoms with Crippen molar-refractivity contribution in [3.05, 3.63) is 144 Å². The Hall–Kier alpha value is -4.06. The molecule has 5 rings (SSSR count). The van der Waals surface area contributed by atoms with Crippen LogP contribution in [0.25, 0.3) is 0 Å². The lowest BCUT2D eigenvalue weighted by Crippen LogP contribution is -2.58. The molecule has 5 heteroatoms. The summed E-state index contributed by atoms with van der Waals surface area (Å²) in [6.07, 6.45) is 0.0702. The van der Waals surface area contributed by atoms with Crippen LogP contribution in [0.1, 0.15) is 42.0 Å². The van der Waals surface area contributed by atoms with Crippen molar-refractivity contribution in [3.8, 4) is 0 Å². The van der Waals surface area contributed by atoms with Gasteiger partial charge in [-0.2, -0.15) is 0 Å². The van der Waals surface area contributed by atoms with Gasteiger partial charge in [0.25, 0.3) is 5.91 Å². The zero-order chi connectivity index (χ0) is 28.5. The molecule has 1 atom stereocenters. The third-order valence-corrected chi connectivity index (χ3v) is 7.97. The number of hydrogen-bond donors (Lipinski definition) is 0. The molecule has 210 valence electrons. The van der Waals surface area contributed by atoms with Crippen LogP contribution >= 0.6 is 0 Å². The predicted molar refractivity (Wildman–Crippen MR) is 162 cm³/mol. The van der Waals surface area contributed by atoms with Gasteiger partial charge in [0.2, 0.25) is 0 Å². The van der Waals surface area contributed by atoms with Crippen LogP contribution in [0.3, 0.4) is 0 Å². The molecular weight excluding hydrogens is 508 g/mol. The number of nitrogens with zero attached hydrogens (tertiary/aromatic N) is 2. The SMILES string of the molecule is CC(=O)CCC(OCc1ccccc1)C(=O)N1CCN(C(c2ccccc2)(c2ccccc2)c2ccccc2)CC1. The molecular formula is C36H38N2O3. The molecule has 1 aliphatic rings. The van der Waals surface area contributed by atoms with Gasteiger partial charge >= 0.3 is 0 Å². The zero-order valence-corrected chi connectivity index (χ0v) is 23.7. The van der Waals surface area contributed by atoms with Crippen LogP contribution < -0.4 is 0 Å². The van der Waals surface area contributed by atoms with Crippen molar-refractivity contribution < 1.29 is 14.3 Å². The number of piperazine rings is 1. The van der Waals surface area contributed by atoms with Crippen molar-refractivity contribution >= 4 is 11.7 Å².